The van der Waals surface area contributed by atoms with E-state index in [1.54, 1.807) is 0 Å². The third-order valence-electron chi connectivity index (χ3n) is 5.71. The molecule has 106 valence electrons. The van der Waals surface area contributed by atoms with E-state index in [9.17, 15) is 14.7 Å². The van der Waals surface area contributed by atoms with Crippen LogP contribution in [0, 0.1) is 23.2 Å². The number of carboxylic acids is 1. The molecular formula is C15H23NO3. The largest absolute Gasteiger partial charge is 0.481 e. The maximum Gasteiger partial charge on any atom is 0.311 e. The molecule has 3 rings (SSSR count). The van der Waals surface area contributed by atoms with Gasteiger partial charge in [0.25, 0.3) is 0 Å². The highest BCUT2D eigenvalue weighted by atomic mass is 16.4. The maximum atomic E-state index is 12.5. The summed E-state index contributed by atoms with van der Waals surface area (Å²) in [5, 5.41) is 9.47. The number of amides is 1. The summed E-state index contributed by atoms with van der Waals surface area (Å²) in [7, 11) is 0. The summed E-state index contributed by atoms with van der Waals surface area (Å²) in [5.74, 6) is 0.984. The number of likely N-dealkylation sites (tertiary alicyclic amines) is 1. The minimum absolute atomic E-state index is 0.232. The van der Waals surface area contributed by atoms with Gasteiger partial charge in [-0.3, -0.25) is 9.59 Å². The van der Waals surface area contributed by atoms with Gasteiger partial charge in [-0.15, -0.1) is 0 Å². The van der Waals surface area contributed by atoms with Gasteiger partial charge in [0.1, 0.15) is 0 Å². The summed E-state index contributed by atoms with van der Waals surface area (Å²) in [6.45, 7) is 3.10. The third kappa shape index (κ3) is 1.96. The second-order valence-electron chi connectivity index (χ2n) is 6.59. The van der Waals surface area contributed by atoms with Crippen LogP contribution in [0.25, 0.3) is 0 Å². The molecule has 0 bridgehead atoms. The molecule has 19 heavy (non-hydrogen) atoms. The Morgan fingerprint density at radius 2 is 1.95 bits per heavy atom. The molecule has 2 aliphatic carbocycles. The molecule has 4 nitrogen and oxygen atoms in total. The average molecular weight is 265 g/mol. The van der Waals surface area contributed by atoms with E-state index in [2.05, 4.69) is 0 Å². The van der Waals surface area contributed by atoms with Crippen molar-refractivity contribution in [1.29, 1.82) is 0 Å². The van der Waals surface area contributed by atoms with E-state index in [1.807, 2.05) is 11.8 Å². The number of carbonyl (C=O) groups is 2. The SMILES string of the molecule is CCC1(C(=O)O)CCCN(C(=O)C2C3CCCC32)C1. The lowest BCUT2D eigenvalue weighted by Gasteiger charge is -2.39. The van der Waals surface area contributed by atoms with E-state index in [1.165, 1.54) is 19.3 Å². The first-order chi connectivity index (χ1) is 9.09. The summed E-state index contributed by atoms with van der Waals surface area (Å²) in [4.78, 5) is 25.9. The van der Waals surface area contributed by atoms with Crippen LogP contribution in [-0.2, 0) is 9.59 Å². The Labute approximate surface area is 114 Å². The zero-order valence-corrected chi connectivity index (χ0v) is 11.6. The lowest BCUT2D eigenvalue weighted by molar-refractivity contribution is -0.155. The minimum atomic E-state index is -0.733. The van der Waals surface area contributed by atoms with Gasteiger partial charge in [-0.25, -0.2) is 0 Å². The third-order valence-corrected chi connectivity index (χ3v) is 5.71. The second kappa shape index (κ2) is 4.50. The van der Waals surface area contributed by atoms with Crippen molar-refractivity contribution in [2.75, 3.05) is 13.1 Å². The Morgan fingerprint density at radius 3 is 2.53 bits per heavy atom. The monoisotopic (exact) mass is 265 g/mol. The summed E-state index contributed by atoms with van der Waals surface area (Å²) in [6.07, 6.45) is 5.82. The molecule has 1 amide bonds. The summed E-state index contributed by atoms with van der Waals surface area (Å²) >= 11 is 0. The molecule has 4 heteroatoms. The van der Waals surface area contributed by atoms with Gasteiger partial charge in [-0.2, -0.15) is 0 Å². The summed E-state index contributed by atoms with van der Waals surface area (Å²) in [6, 6.07) is 0. The maximum absolute atomic E-state index is 12.5. The van der Waals surface area contributed by atoms with Crippen LogP contribution in [0.3, 0.4) is 0 Å². The number of piperidine rings is 1. The van der Waals surface area contributed by atoms with E-state index >= 15 is 0 Å². The Balaban J connectivity index is 1.68. The first-order valence-electron chi connectivity index (χ1n) is 7.61. The lowest BCUT2D eigenvalue weighted by atomic mass is 9.77. The number of fused-ring (bicyclic) bond motifs is 1. The average Bonchev–Trinajstić information content (AvgIpc) is 2.90. The fourth-order valence-corrected chi connectivity index (χ4v) is 4.33. The smallest absolute Gasteiger partial charge is 0.311 e. The first-order valence-corrected chi connectivity index (χ1v) is 7.61. The van der Waals surface area contributed by atoms with Gasteiger partial charge in [-0.05, 0) is 43.9 Å². The molecule has 1 aliphatic heterocycles. The van der Waals surface area contributed by atoms with E-state index in [-0.39, 0.29) is 11.8 Å². The van der Waals surface area contributed by atoms with Gasteiger partial charge < -0.3 is 10.0 Å². The number of carbonyl (C=O) groups excluding carboxylic acids is 1. The molecule has 3 fully saturated rings. The summed E-state index contributed by atoms with van der Waals surface area (Å²) < 4.78 is 0. The van der Waals surface area contributed by atoms with Gasteiger partial charge >= 0.3 is 5.97 Å². The molecule has 3 aliphatic rings. The predicted octanol–water partition coefficient (Wildman–Crippen LogP) is 2.14. The quantitative estimate of drug-likeness (QED) is 0.850. The fraction of sp³-hybridized carbons (Fsp3) is 0.867. The van der Waals surface area contributed by atoms with Crippen LogP contribution < -0.4 is 0 Å². The van der Waals surface area contributed by atoms with Crippen LogP contribution >= 0.6 is 0 Å². The number of hydrogen-bond donors (Lipinski definition) is 1. The van der Waals surface area contributed by atoms with Crippen molar-refractivity contribution in [3.8, 4) is 0 Å². The molecule has 1 heterocycles. The van der Waals surface area contributed by atoms with Gasteiger partial charge in [0.2, 0.25) is 5.91 Å². The molecule has 0 aromatic heterocycles. The van der Waals surface area contributed by atoms with Crippen LogP contribution in [0.4, 0.5) is 0 Å². The standard InChI is InChI=1S/C15H23NO3/c1-2-15(14(18)19)7-4-8-16(9-15)13(17)12-10-5-3-6-11(10)12/h10-12H,2-9H2,1H3,(H,18,19). The molecule has 1 saturated heterocycles. The fourth-order valence-electron chi connectivity index (χ4n) is 4.33. The van der Waals surface area contributed by atoms with Crippen LogP contribution in [-0.4, -0.2) is 35.0 Å². The Hall–Kier alpha value is -1.06. The minimum Gasteiger partial charge on any atom is -0.481 e. The van der Waals surface area contributed by atoms with Gasteiger partial charge in [0.15, 0.2) is 0 Å². The highest BCUT2D eigenvalue weighted by Gasteiger charge is 2.58. The second-order valence-corrected chi connectivity index (χ2v) is 6.59. The molecular weight excluding hydrogens is 242 g/mol. The predicted molar refractivity (Wildman–Crippen MR) is 70.5 cm³/mol. The number of hydrogen-bond acceptors (Lipinski definition) is 2. The van der Waals surface area contributed by atoms with Crippen molar-refractivity contribution in [2.45, 2.75) is 45.4 Å². The highest BCUT2D eigenvalue weighted by molar-refractivity contribution is 5.84. The van der Waals surface area contributed by atoms with Crippen molar-refractivity contribution >= 4 is 11.9 Å². The summed E-state index contributed by atoms with van der Waals surface area (Å²) in [5.41, 5.74) is -0.697. The topological polar surface area (TPSA) is 57.6 Å². The van der Waals surface area contributed by atoms with E-state index in [4.69, 9.17) is 0 Å². The Bertz CT molecular complexity index is 398. The molecule has 2 saturated carbocycles. The first kappa shape index (κ1) is 12.9. The molecule has 0 spiro atoms. The van der Waals surface area contributed by atoms with Crippen molar-refractivity contribution in [3.05, 3.63) is 0 Å². The van der Waals surface area contributed by atoms with Crippen molar-refractivity contribution in [3.63, 3.8) is 0 Å². The number of rotatable bonds is 3. The van der Waals surface area contributed by atoms with Crippen LogP contribution in [0.5, 0.6) is 0 Å². The van der Waals surface area contributed by atoms with Crippen LogP contribution in [0.2, 0.25) is 0 Å². The normalized spacial score (nSPS) is 40.9. The molecule has 0 aromatic carbocycles. The molecule has 0 aromatic rings. The molecule has 3 unspecified atom stereocenters. The van der Waals surface area contributed by atoms with Crippen LogP contribution in [0.1, 0.15) is 45.4 Å². The van der Waals surface area contributed by atoms with Crippen molar-refractivity contribution in [1.82, 2.24) is 4.90 Å². The highest BCUT2D eigenvalue weighted by Crippen LogP contribution is 2.58. The van der Waals surface area contributed by atoms with E-state index in [0.717, 1.165) is 13.0 Å². The lowest BCUT2D eigenvalue weighted by Crippen LogP contribution is -2.50. The molecule has 0 radical (unpaired) electrons. The Morgan fingerprint density at radius 1 is 1.26 bits per heavy atom. The van der Waals surface area contributed by atoms with Crippen molar-refractivity contribution in [2.24, 2.45) is 23.2 Å². The molecule has 1 N–H and O–H groups in total. The number of aliphatic carboxylic acids is 1. The Kier molecular flexibility index (Phi) is 3.06. The zero-order valence-electron chi connectivity index (χ0n) is 11.6. The van der Waals surface area contributed by atoms with Gasteiger partial charge in [0, 0.05) is 19.0 Å². The zero-order chi connectivity index (χ0) is 13.6. The number of nitrogens with zero attached hydrogens (tertiary/aromatic N) is 1. The van der Waals surface area contributed by atoms with Crippen LogP contribution in [0.15, 0.2) is 0 Å². The van der Waals surface area contributed by atoms with Gasteiger partial charge in [0.05, 0.1) is 5.41 Å². The van der Waals surface area contributed by atoms with E-state index < -0.39 is 11.4 Å². The molecule has 3 atom stereocenters. The van der Waals surface area contributed by atoms with Gasteiger partial charge in [-0.1, -0.05) is 13.3 Å². The van der Waals surface area contributed by atoms with E-state index in [0.29, 0.717) is 31.2 Å². The number of carboxylic acid groups (broad SMARTS) is 1. The van der Waals surface area contributed by atoms with Crippen molar-refractivity contribution < 1.29 is 14.7 Å².